The summed E-state index contributed by atoms with van der Waals surface area (Å²) in [5.74, 6) is -0.000964. The van der Waals surface area contributed by atoms with Crippen molar-refractivity contribution in [2.45, 2.75) is 18.2 Å². The van der Waals surface area contributed by atoms with E-state index < -0.39 is 10.0 Å². The van der Waals surface area contributed by atoms with Crippen molar-refractivity contribution in [2.24, 2.45) is 0 Å². The molecule has 0 spiro atoms. The molecule has 0 saturated carbocycles. The van der Waals surface area contributed by atoms with Crippen LogP contribution in [0.1, 0.15) is 13.3 Å². The van der Waals surface area contributed by atoms with E-state index >= 15 is 0 Å². The Labute approximate surface area is 113 Å². The number of sulfonamides is 1. The van der Waals surface area contributed by atoms with E-state index in [1.807, 2.05) is 0 Å². The highest BCUT2D eigenvalue weighted by molar-refractivity contribution is 7.89. The second-order valence-electron chi connectivity index (χ2n) is 4.58. The predicted octanol–water partition coefficient (Wildman–Crippen LogP) is 0.929. The van der Waals surface area contributed by atoms with Gasteiger partial charge in [0.1, 0.15) is 0 Å². The van der Waals surface area contributed by atoms with Crippen LogP contribution in [-0.4, -0.2) is 49.7 Å². The second-order valence-corrected chi connectivity index (χ2v) is 6.51. The van der Waals surface area contributed by atoms with Crippen LogP contribution in [0.5, 0.6) is 0 Å². The molecular formula is C13H18N2O3S. The number of nitrogens with zero attached hydrogens (tertiary/aromatic N) is 2. The SMILES string of the molecule is CC(=O)N1CCCN(S(=O)(=O)c2ccccc2)CC1. The van der Waals surface area contributed by atoms with Gasteiger partial charge in [-0.15, -0.1) is 0 Å². The van der Waals surface area contributed by atoms with Crippen molar-refractivity contribution in [3.05, 3.63) is 30.3 Å². The van der Waals surface area contributed by atoms with E-state index in [9.17, 15) is 13.2 Å². The van der Waals surface area contributed by atoms with Crippen molar-refractivity contribution < 1.29 is 13.2 Å². The van der Waals surface area contributed by atoms with Crippen molar-refractivity contribution in [1.29, 1.82) is 0 Å². The van der Waals surface area contributed by atoms with Gasteiger partial charge in [-0.1, -0.05) is 18.2 Å². The van der Waals surface area contributed by atoms with Gasteiger partial charge < -0.3 is 4.90 Å². The lowest BCUT2D eigenvalue weighted by Crippen LogP contribution is -2.36. The fraction of sp³-hybridized carbons (Fsp3) is 0.462. The van der Waals surface area contributed by atoms with Crippen LogP contribution < -0.4 is 0 Å². The zero-order valence-electron chi connectivity index (χ0n) is 10.9. The first kappa shape index (κ1) is 14.0. The molecule has 1 saturated heterocycles. The summed E-state index contributed by atoms with van der Waals surface area (Å²) in [6.07, 6.45) is 0.672. The lowest BCUT2D eigenvalue weighted by Gasteiger charge is -2.21. The third-order valence-electron chi connectivity index (χ3n) is 3.28. The highest BCUT2D eigenvalue weighted by atomic mass is 32.2. The molecule has 6 heteroatoms. The van der Waals surface area contributed by atoms with Crippen LogP contribution in [-0.2, 0) is 14.8 Å². The molecular weight excluding hydrogens is 264 g/mol. The number of hydrogen-bond donors (Lipinski definition) is 0. The van der Waals surface area contributed by atoms with Crippen LogP contribution in [0.2, 0.25) is 0 Å². The third kappa shape index (κ3) is 3.13. The molecule has 104 valence electrons. The van der Waals surface area contributed by atoms with Gasteiger partial charge in [0.2, 0.25) is 15.9 Å². The largest absolute Gasteiger partial charge is 0.342 e. The van der Waals surface area contributed by atoms with Crippen LogP contribution in [0.3, 0.4) is 0 Å². The molecule has 1 aliphatic heterocycles. The average Bonchev–Trinajstić information content (AvgIpc) is 2.66. The molecule has 1 amide bonds. The molecule has 1 aromatic rings. The van der Waals surface area contributed by atoms with E-state index in [2.05, 4.69) is 0 Å². The van der Waals surface area contributed by atoms with Gasteiger partial charge in [0.25, 0.3) is 0 Å². The molecule has 1 aromatic carbocycles. The van der Waals surface area contributed by atoms with Gasteiger partial charge in [-0.25, -0.2) is 8.42 Å². The average molecular weight is 282 g/mol. The minimum Gasteiger partial charge on any atom is -0.342 e. The summed E-state index contributed by atoms with van der Waals surface area (Å²) in [7, 11) is -3.44. The zero-order valence-corrected chi connectivity index (χ0v) is 11.8. The fourth-order valence-corrected chi connectivity index (χ4v) is 3.68. The maximum absolute atomic E-state index is 12.4. The summed E-state index contributed by atoms with van der Waals surface area (Å²) in [4.78, 5) is 13.3. The lowest BCUT2D eigenvalue weighted by molar-refractivity contribution is -0.128. The first-order valence-corrected chi connectivity index (χ1v) is 7.76. The highest BCUT2D eigenvalue weighted by Crippen LogP contribution is 2.17. The number of carbonyl (C=O) groups is 1. The predicted molar refractivity (Wildman–Crippen MR) is 72.1 cm³/mol. The van der Waals surface area contributed by atoms with E-state index in [1.165, 1.54) is 11.2 Å². The van der Waals surface area contributed by atoms with Gasteiger partial charge >= 0.3 is 0 Å². The lowest BCUT2D eigenvalue weighted by atomic mass is 10.4. The van der Waals surface area contributed by atoms with Gasteiger partial charge in [-0.3, -0.25) is 4.79 Å². The van der Waals surface area contributed by atoms with E-state index in [-0.39, 0.29) is 5.91 Å². The standard InChI is InChI=1S/C13H18N2O3S/c1-12(16)14-8-5-9-15(11-10-14)19(17,18)13-6-3-2-4-7-13/h2-4,6-7H,5,8-11H2,1H3. The molecule has 0 atom stereocenters. The van der Waals surface area contributed by atoms with E-state index in [0.29, 0.717) is 37.5 Å². The molecule has 0 aliphatic carbocycles. The number of hydrogen-bond acceptors (Lipinski definition) is 3. The minimum absolute atomic E-state index is 0.000964. The molecule has 0 N–H and O–H groups in total. The van der Waals surface area contributed by atoms with Crippen molar-refractivity contribution in [3.63, 3.8) is 0 Å². The van der Waals surface area contributed by atoms with E-state index in [0.717, 1.165) is 0 Å². The van der Waals surface area contributed by atoms with Crippen LogP contribution >= 0.6 is 0 Å². The van der Waals surface area contributed by atoms with Gasteiger partial charge in [0.05, 0.1) is 4.90 Å². The summed E-state index contributed by atoms with van der Waals surface area (Å²) in [5.41, 5.74) is 0. The van der Waals surface area contributed by atoms with Crippen LogP contribution in [0.4, 0.5) is 0 Å². The maximum Gasteiger partial charge on any atom is 0.243 e. The Kier molecular flexibility index (Phi) is 4.21. The molecule has 19 heavy (non-hydrogen) atoms. The highest BCUT2D eigenvalue weighted by Gasteiger charge is 2.27. The summed E-state index contributed by atoms with van der Waals surface area (Å²) in [6.45, 7) is 3.41. The summed E-state index contributed by atoms with van der Waals surface area (Å²) in [5, 5.41) is 0. The minimum atomic E-state index is -3.44. The van der Waals surface area contributed by atoms with Gasteiger partial charge in [0, 0.05) is 33.1 Å². The molecule has 0 radical (unpaired) electrons. The smallest absolute Gasteiger partial charge is 0.243 e. The van der Waals surface area contributed by atoms with Crippen molar-refractivity contribution in [1.82, 2.24) is 9.21 Å². The monoisotopic (exact) mass is 282 g/mol. The molecule has 1 aliphatic rings. The van der Waals surface area contributed by atoms with Crippen LogP contribution in [0.25, 0.3) is 0 Å². The summed E-state index contributed by atoms with van der Waals surface area (Å²) >= 11 is 0. The Balaban J connectivity index is 2.16. The normalized spacial score (nSPS) is 18.1. The van der Waals surface area contributed by atoms with E-state index in [4.69, 9.17) is 0 Å². The Morgan fingerprint density at radius 1 is 1.05 bits per heavy atom. The number of benzene rings is 1. The zero-order chi connectivity index (χ0) is 13.9. The van der Waals surface area contributed by atoms with Crippen LogP contribution in [0.15, 0.2) is 35.2 Å². The van der Waals surface area contributed by atoms with Gasteiger partial charge in [0.15, 0.2) is 0 Å². The quantitative estimate of drug-likeness (QED) is 0.811. The van der Waals surface area contributed by atoms with Crippen molar-refractivity contribution >= 4 is 15.9 Å². The fourth-order valence-electron chi connectivity index (χ4n) is 2.19. The topological polar surface area (TPSA) is 57.7 Å². The van der Waals surface area contributed by atoms with Crippen molar-refractivity contribution in [3.8, 4) is 0 Å². The van der Waals surface area contributed by atoms with Gasteiger partial charge in [-0.05, 0) is 18.6 Å². The molecule has 1 heterocycles. The number of amides is 1. The number of carbonyl (C=O) groups excluding carboxylic acids is 1. The Morgan fingerprint density at radius 3 is 2.37 bits per heavy atom. The summed E-state index contributed by atoms with van der Waals surface area (Å²) < 4.78 is 26.3. The molecule has 0 unspecified atom stereocenters. The molecule has 2 rings (SSSR count). The molecule has 0 aromatic heterocycles. The van der Waals surface area contributed by atoms with Crippen LogP contribution in [0, 0.1) is 0 Å². The maximum atomic E-state index is 12.4. The first-order chi connectivity index (χ1) is 9.01. The molecule has 1 fully saturated rings. The van der Waals surface area contributed by atoms with E-state index in [1.54, 1.807) is 35.2 Å². The summed E-state index contributed by atoms with van der Waals surface area (Å²) in [6, 6.07) is 8.42. The Bertz CT molecular complexity index is 542. The second kappa shape index (κ2) is 5.71. The Hall–Kier alpha value is -1.40. The third-order valence-corrected chi connectivity index (χ3v) is 5.19. The van der Waals surface area contributed by atoms with Crippen molar-refractivity contribution in [2.75, 3.05) is 26.2 Å². The Morgan fingerprint density at radius 2 is 1.74 bits per heavy atom. The molecule has 0 bridgehead atoms. The molecule has 5 nitrogen and oxygen atoms in total. The first-order valence-electron chi connectivity index (χ1n) is 6.32. The number of rotatable bonds is 2. The van der Waals surface area contributed by atoms with Gasteiger partial charge in [-0.2, -0.15) is 4.31 Å².